The predicted octanol–water partition coefficient (Wildman–Crippen LogP) is 9.23. The maximum absolute atomic E-state index is 14.2. The highest BCUT2D eigenvalue weighted by Gasteiger charge is 2.70. The molecule has 0 bridgehead atoms. The van der Waals surface area contributed by atoms with Crippen LogP contribution in [0.1, 0.15) is 139 Å². The van der Waals surface area contributed by atoms with Gasteiger partial charge in [-0.05, 0) is 134 Å². The molecule has 0 aliphatic heterocycles. The van der Waals surface area contributed by atoms with Crippen molar-refractivity contribution >= 4 is 29.3 Å². The molecule has 6 rings (SSSR count). The third-order valence-electron chi connectivity index (χ3n) is 16.7. The summed E-state index contributed by atoms with van der Waals surface area (Å²) >= 11 is 6.29. The number of carboxylic acids is 1. The number of Topliss-reactive ketones (excluding diaryl/α,β-unsaturated/α-hetero) is 1. The molecule has 5 aliphatic rings. The molecule has 306 valence electrons. The number of rotatable bonds is 11. The first-order valence-electron chi connectivity index (χ1n) is 21.0. The number of aliphatic carboxylic acids is 1. The van der Waals surface area contributed by atoms with Crippen LogP contribution in [0, 0.1) is 56.2 Å². The smallest absolute Gasteiger partial charge is 0.309 e. The van der Waals surface area contributed by atoms with E-state index < -0.39 is 29.2 Å². The highest BCUT2D eigenvalue weighted by atomic mass is 35.5. The lowest BCUT2D eigenvalue weighted by Crippen LogP contribution is -2.66. The van der Waals surface area contributed by atoms with Gasteiger partial charge in [-0.25, -0.2) is 0 Å². The van der Waals surface area contributed by atoms with Crippen molar-refractivity contribution in [2.24, 2.45) is 56.2 Å². The lowest BCUT2D eigenvalue weighted by molar-refractivity contribution is -0.258. The molecule has 4 fully saturated rings. The van der Waals surface area contributed by atoms with Crippen LogP contribution in [-0.4, -0.2) is 62.9 Å². The fourth-order valence-electron chi connectivity index (χ4n) is 13.6. The van der Waals surface area contributed by atoms with Crippen molar-refractivity contribution in [2.75, 3.05) is 6.54 Å². The summed E-state index contributed by atoms with van der Waals surface area (Å²) in [5.41, 5.74) is 1.00. The number of amides is 1. The maximum Gasteiger partial charge on any atom is 0.309 e. The molecule has 9 heteroatoms. The summed E-state index contributed by atoms with van der Waals surface area (Å²) in [6.07, 6.45) is 5.69. The Labute approximate surface area is 334 Å². The molecule has 4 saturated carbocycles. The fraction of sp³-hybridized carbons (Fsp3) is 0.761. The van der Waals surface area contributed by atoms with Crippen molar-refractivity contribution in [3.63, 3.8) is 0 Å². The zero-order valence-electron chi connectivity index (χ0n) is 35.1. The largest absolute Gasteiger partial charge is 0.481 e. The Bertz CT molecular complexity index is 1720. The Hall–Kier alpha value is -2.26. The number of carbonyl (C=O) groups excluding carboxylic acids is 2. The van der Waals surface area contributed by atoms with Gasteiger partial charge in [0, 0.05) is 43.3 Å². The number of ether oxygens (including phenoxy) is 1. The van der Waals surface area contributed by atoms with Gasteiger partial charge in [0.25, 0.3) is 0 Å². The van der Waals surface area contributed by atoms with Crippen LogP contribution in [-0.2, 0) is 25.7 Å². The van der Waals surface area contributed by atoms with Gasteiger partial charge in [-0.3, -0.25) is 14.4 Å². The Kier molecular flexibility index (Phi) is 11.2. The first-order chi connectivity index (χ1) is 25.4. The van der Waals surface area contributed by atoms with Crippen LogP contribution in [0.5, 0.6) is 0 Å². The van der Waals surface area contributed by atoms with Crippen LogP contribution in [0.3, 0.4) is 0 Å². The number of benzene rings is 1. The van der Waals surface area contributed by atoms with Gasteiger partial charge in [0.2, 0.25) is 5.91 Å². The summed E-state index contributed by atoms with van der Waals surface area (Å²) in [4.78, 5) is 40.8. The van der Waals surface area contributed by atoms with Crippen molar-refractivity contribution in [3.8, 4) is 0 Å². The minimum absolute atomic E-state index is 0.00576. The Balaban J connectivity index is 1.29. The molecule has 10 atom stereocenters. The highest BCUT2D eigenvalue weighted by molar-refractivity contribution is 6.30. The standard InChI is InChI=1S/C46H68ClNO7/c1-27(2)38-32(50)23-46(35(51)26-48(28(3)49)25-29-12-11-13-30(47)22-29)21-20-44(9)31(39(38)46)14-15-34-43(8)18-17-36(55-37(52)24-41(4,5)40(53)54)42(6,7)33(43)16-19-45(34,44)10/h11-13,22,27,31,33-37,51-52H,14-21,23-26H2,1-10H3,(H,53,54). The molecule has 0 saturated heterocycles. The number of halogens is 1. The molecule has 10 unspecified atom stereocenters. The van der Waals surface area contributed by atoms with Crippen LogP contribution in [0.25, 0.3) is 0 Å². The topological polar surface area (TPSA) is 124 Å². The van der Waals surface area contributed by atoms with Crippen LogP contribution in [0.4, 0.5) is 0 Å². The normalized spacial score (nSPS) is 36.7. The minimum atomic E-state index is -1.14. The summed E-state index contributed by atoms with van der Waals surface area (Å²) in [6, 6.07) is 7.49. The van der Waals surface area contributed by atoms with Crippen LogP contribution in [0.2, 0.25) is 5.02 Å². The van der Waals surface area contributed by atoms with E-state index in [2.05, 4.69) is 48.5 Å². The van der Waals surface area contributed by atoms with Gasteiger partial charge in [-0.15, -0.1) is 0 Å². The third-order valence-corrected chi connectivity index (χ3v) is 17.0. The van der Waals surface area contributed by atoms with Crippen LogP contribution < -0.4 is 0 Å². The van der Waals surface area contributed by atoms with E-state index in [-0.39, 0.29) is 64.3 Å². The average molecular weight is 783 g/mol. The maximum atomic E-state index is 14.2. The summed E-state index contributed by atoms with van der Waals surface area (Å²) in [5, 5.41) is 33.7. The van der Waals surface area contributed by atoms with Gasteiger partial charge in [0.1, 0.15) is 0 Å². The zero-order valence-corrected chi connectivity index (χ0v) is 35.9. The molecule has 0 spiro atoms. The van der Waals surface area contributed by atoms with Crippen molar-refractivity contribution in [2.45, 2.75) is 158 Å². The lowest BCUT2D eigenvalue weighted by atomic mass is 9.33. The number of allylic oxidation sites excluding steroid dienone is 1. The number of hydrogen-bond acceptors (Lipinski definition) is 6. The SMILES string of the molecule is CC(=O)N(Cc1cccc(Cl)c1)CC(O)C12CCC3(C)C(CCC4C5(C)CCC(OC(O)CC(C)(C)C(=O)O)C(C)(C)C5CCC43C)C1=C(C(C)C)C(=O)C2. The van der Waals surface area contributed by atoms with Gasteiger partial charge < -0.3 is 25.0 Å². The van der Waals surface area contributed by atoms with Crippen molar-refractivity contribution in [1.82, 2.24) is 4.90 Å². The number of aliphatic hydroxyl groups excluding tert-OH is 2. The van der Waals surface area contributed by atoms with Crippen molar-refractivity contribution in [3.05, 3.63) is 46.0 Å². The van der Waals surface area contributed by atoms with Crippen LogP contribution in [0.15, 0.2) is 35.4 Å². The first kappa shape index (κ1) is 42.3. The molecule has 8 nitrogen and oxygen atoms in total. The summed E-state index contributed by atoms with van der Waals surface area (Å²) in [6.45, 7) is 21.7. The van der Waals surface area contributed by atoms with E-state index in [4.69, 9.17) is 16.3 Å². The second kappa shape index (κ2) is 14.5. The van der Waals surface area contributed by atoms with E-state index in [1.165, 1.54) is 5.57 Å². The third kappa shape index (κ3) is 6.85. The monoisotopic (exact) mass is 781 g/mol. The van der Waals surface area contributed by atoms with Gasteiger partial charge in [-0.1, -0.05) is 77.8 Å². The van der Waals surface area contributed by atoms with E-state index in [9.17, 15) is 29.7 Å². The Morgan fingerprint density at radius 3 is 2.27 bits per heavy atom. The highest BCUT2D eigenvalue weighted by Crippen LogP contribution is 2.77. The van der Waals surface area contributed by atoms with E-state index in [1.54, 1.807) is 25.7 Å². The quantitative estimate of drug-likeness (QED) is 0.191. The lowest BCUT2D eigenvalue weighted by Gasteiger charge is -2.72. The second-order valence-corrected chi connectivity index (χ2v) is 21.2. The summed E-state index contributed by atoms with van der Waals surface area (Å²) in [7, 11) is 0. The molecule has 1 aromatic carbocycles. The average Bonchev–Trinajstić information content (AvgIpc) is 3.39. The first-order valence-corrected chi connectivity index (χ1v) is 21.3. The van der Waals surface area contributed by atoms with E-state index in [1.807, 2.05) is 24.3 Å². The molecule has 55 heavy (non-hydrogen) atoms. The molecule has 1 amide bonds. The van der Waals surface area contributed by atoms with Crippen molar-refractivity contribution in [1.29, 1.82) is 0 Å². The molecular formula is C46H68ClNO7. The van der Waals surface area contributed by atoms with E-state index >= 15 is 0 Å². The molecule has 3 N–H and O–H groups in total. The molecular weight excluding hydrogens is 714 g/mol. The Morgan fingerprint density at radius 2 is 1.65 bits per heavy atom. The van der Waals surface area contributed by atoms with E-state index in [0.29, 0.717) is 29.8 Å². The number of fused-ring (bicyclic) bond motifs is 7. The fourth-order valence-corrected chi connectivity index (χ4v) is 13.8. The molecule has 0 aromatic heterocycles. The number of carboxylic acid groups (broad SMARTS) is 1. The van der Waals surface area contributed by atoms with Gasteiger partial charge in [-0.2, -0.15) is 0 Å². The summed E-state index contributed by atoms with van der Waals surface area (Å²) < 4.78 is 6.36. The molecule has 0 heterocycles. The van der Waals surface area contributed by atoms with Gasteiger partial charge >= 0.3 is 5.97 Å². The van der Waals surface area contributed by atoms with Gasteiger partial charge in [0.05, 0.1) is 17.6 Å². The number of aliphatic hydroxyl groups is 2. The van der Waals surface area contributed by atoms with E-state index in [0.717, 1.165) is 62.5 Å². The van der Waals surface area contributed by atoms with Crippen molar-refractivity contribution < 1.29 is 34.4 Å². The zero-order chi connectivity index (χ0) is 40.7. The molecule has 5 aliphatic carbocycles. The predicted molar refractivity (Wildman–Crippen MR) is 215 cm³/mol. The van der Waals surface area contributed by atoms with Gasteiger partial charge in [0.15, 0.2) is 12.1 Å². The molecule has 0 radical (unpaired) electrons. The second-order valence-electron chi connectivity index (χ2n) is 20.7. The Morgan fingerprint density at radius 1 is 0.964 bits per heavy atom. The minimum Gasteiger partial charge on any atom is -0.481 e. The number of hydrogen-bond donors (Lipinski definition) is 3. The number of nitrogens with zero attached hydrogens (tertiary/aromatic N) is 1. The number of ketones is 1. The molecule has 1 aromatic rings. The summed E-state index contributed by atoms with van der Waals surface area (Å²) in [5.74, 6) is 0.141. The van der Waals surface area contributed by atoms with Crippen LogP contribution >= 0.6 is 11.6 Å². The number of carbonyl (C=O) groups is 3.